The van der Waals surface area contributed by atoms with Crippen LogP contribution in [0.3, 0.4) is 0 Å². The molecule has 0 amide bonds. The molecule has 1 unspecified atom stereocenters. The Bertz CT molecular complexity index is 591. The molecule has 1 atom stereocenters. The van der Waals surface area contributed by atoms with Gasteiger partial charge in [-0.05, 0) is 31.0 Å². The number of nitrogens with two attached hydrogens (primary N) is 1. The van der Waals surface area contributed by atoms with Crippen molar-refractivity contribution in [2.45, 2.75) is 22.4 Å². The van der Waals surface area contributed by atoms with Crippen LogP contribution in [-0.2, 0) is 15.5 Å². The standard InChI is InChI=1S/C12H14N2O2S2/c13-8-1-2-10-11(7-8)17-12(14-10)18(15)9-3-5-16-6-4-9/h1-2,7,9H,3-6,13H2. The van der Waals surface area contributed by atoms with Crippen LogP contribution in [0.4, 0.5) is 5.69 Å². The summed E-state index contributed by atoms with van der Waals surface area (Å²) in [7, 11) is -1.02. The molecule has 6 heteroatoms. The molecule has 1 aliphatic heterocycles. The zero-order chi connectivity index (χ0) is 12.5. The molecule has 0 spiro atoms. The van der Waals surface area contributed by atoms with Crippen LogP contribution < -0.4 is 5.73 Å². The van der Waals surface area contributed by atoms with Crippen molar-refractivity contribution in [1.29, 1.82) is 0 Å². The van der Waals surface area contributed by atoms with E-state index in [1.165, 1.54) is 11.3 Å². The predicted octanol–water partition coefficient (Wildman–Crippen LogP) is 2.17. The molecule has 1 aliphatic rings. The highest BCUT2D eigenvalue weighted by Gasteiger charge is 2.24. The van der Waals surface area contributed by atoms with Crippen molar-refractivity contribution < 1.29 is 8.95 Å². The number of fused-ring (bicyclic) bond motifs is 1. The van der Waals surface area contributed by atoms with Crippen molar-refractivity contribution in [3.05, 3.63) is 18.2 Å². The van der Waals surface area contributed by atoms with E-state index in [2.05, 4.69) is 4.98 Å². The lowest BCUT2D eigenvalue weighted by Gasteiger charge is -2.19. The van der Waals surface area contributed by atoms with Crippen LogP contribution in [0.15, 0.2) is 22.5 Å². The fraction of sp³-hybridized carbons (Fsp3) is 0.417. The van der Waals surface area contributed by atoms with Crippen molar-refractivity contribution in [2.75, 3.05) is 18.9 Å². The second kappa shape index (κ2) is 4.95. The van der Waals surface area contributed by atoms with Crippen molar-refractivity contribution in [1.82, 2.24) is 4.98 Å². The van der Waals surface area contributed by atoms with Crippen LogP contribution in [0.2, 0.25) is 0 Å². The Morgan fingerprint density at radius 3 is 2.94 bits per heavy atom. The molecule has 3 rings (SSSR count). The van der Waals surface area contributed by atoms with E-state index in [9.17, 15) is 4.21 Å². The number of nitrogens with zero attached hydrogens (tertiary/aromatic N) is 1. The zero-order valence-corrected chi connectivity index (χ0v) is 11.4. The summed E-state index contributed by atoms with van der Waals surface area (Å²) in [5, 5.41) is 0.177. The topological polar surface area (TPSA) is 65.2 Å². The molecule has 0 radical (unpaired) electrons. The van der Waals surface area contributed by atoms with Crippen LogP contribution in [0.5, 0.6) is 0 Å². The van der Waals surface area contributed by atoms with E-state index in [1.807, 2.05) is 18.2 Å². The molecule has 4 nitrogen and oxygen atoms in total. The van der Waals surface area contributed by atoms with E-state index < -0.39 is 10.8 Å². The highest BCUT2D eigenvalue weighted by atomic mass is 32.2. The summed E-state index contributed by atoms with van der Waals surface area (Å²) in [5.74, 6) is 0. The highest BCUT2D eigenvalue weighted by molar-refractivity contribution is 7.88. The maximum absolute atomic E-state index is 12.4. The van der Waals surface area contributed by atoms with Crippen molar-refractivity contribution in [2.24, 2.45) is 0 Å². The average molecular weight is 282 g/mol. The fourth-order valence-electron chi connectivity index (χ4n) is 2.04. The van der Waals surface area contributed by atoms with Gasteiger partial charge in [-0.3, -0.25) is 4.21 Å². The third-order valence-corrected chi connectivity index (χ3v) is 6.10. The van der Waals surface area contributed by atoms with Gasteiger partial charge in [0.1, 0.15) is 0 Å². The number of rotatable bonds is 2. The van der Waals surface area contributed by atoms with E-state index in [0.29, 0.717) is 17.6 Å². The first-order valence-electron chi connectivity index (χ1n) is 5.88. The third-order valence-electron chi connectivity index (χ3n) is 3.04. The maximum atomic E-state index is 12.4. The van der Waals surface area contributed by atoms with Gasteiger partial charge >= 0.3 is 0 Å². The van der Waals surface area contributed by atoms with Crippen LogP contribution in [0.25, 0.3) is 10.2 Å². The molecule has 1 aromatic heterocycles. The number of hydrogen-bond acceptors (Lipinski definition) is 5. The summed E-state index contributed by atoms with van der Waals surface area (Å²) in [6, 6.07) is 5.59. The number of benzene rings is 1. The largest absolute Gasteiger partial charge is 0.399 e. The predicted molar refractivity (Wildman–Crippen MR) is 74.3 cm³/mol. The molecule has 2 N–H and O–H groups in total. The molecule has 18 heavy (non-hydrogen) atoms. The minimum Gasteiger partial charge on any atom is -0.399 e. The summed E-state index contributed by atoms with van der Waals surface area (Å²) in [5.41, 5.74) is 7.33. The van der Waals surface area contributed by atoms with Gasteiger partial charge in [0.25, 0.3) is 0 Å². The van der Waals surface area contributed by atoms with Gasteiger partial charge in [0, 0.05) is 24.2 Å². The first-order valence-corrected chi connectivity index (χ1v) is 7.91. The number of nitrogen functional groups attached to an aromatic ring is 1. The summed E-state index contributed by atoms with van der Waals surface area (Å²) < 4.78 is 19.4. The van der Waals surface area contributed by atoms with Crippen LogP contribution in [0.1, 0.15) is 12.8 Å². The number of hydrogen-bond donors (Lipinski definition) is 1. The van der Waals surface area contributed by atoms with Gasteiger partial charge in [-0.2, -0.15) is 0 Å². The SMILES string of the molecule is Nc1ccc2nc(S(=O)C3CCOCC3)sc2c1. The summed E-state index contributed by atoms with van der Waals surface area (Å²) in [6.45, 7) is 1.41. The summed E-state index contributed by atoms with van der Waals surface area (Å²) in [4.78, 5) is 4.45. The van der Waals surface area contributed by atoms with E-state index in [0.717, 1.165) is 28.7 Å². The second-order valence-corrected chi connectivity index (χ2v) is 7.25. The fourth-order valence-corrected chi connectivity index (χ4v) is 4.88. The van der Waals surface area contributed by atoms with Crippen LogP contribution in [0, 0.1) is 0 Å². The first kappa shape index (κ1) is 12.1. The monoisotopic (exact) mass is 282 g/mol. The minimum atomic E-state index is -1.02. The molecule has 1 aromatic carbocycles. The first-order chi connectivity index (χ1) is 8.74. The highest BCUT2D eigenvalue weighted by Crippen LogP contribution is 2.29. The molecule has 2 aromatic rings. The Hall–Kier alpha value is -0.980. The number of anilines is 1. The van der Waals surface area contributed by atoms with Crippen LogP contribution >= 0.6 is 11.3 Å². The van der Waals surface area contributed by atoms with Gasteiger partial charge < -0.3 is 10.5 Å². The van der Waals surface area contributed by atoms with Gasteiger partial charge in [0.15, 0.2) is 4.34 Å². The molecule has 96 valence electrons. The molecule has 0 saturated carbocycles. The average Bonchev–Trinajstić information content (AvgIpc) is 2.81. The Morgan fingerprint density at radius 2 is 2.17 bits per heavy atom. The summed E-state index contributed by atoms with van der Waals surface area (Å²) >= 11 is 1.48. The quantitative estimate of drug-likeness (QED) is 0.857. The zero-order valence-electron chi connectivity index (χ0n) is 9.80. The lowest BCUT2D eigenvalue weighted by molar-refractivity contribution is 0.0992. The number of ether oxygens (including phenoxy) is 1. The Morgan fingerprint density at radius 1 is 1.39 bits per heavy atom. The lowest BCUT2D eigenvalue weighted by atomic mass is 10.2. The number of aromatic nitrogens is 1. The number of thiazole rings is 1. The van der Waals surface area contributed by atoms with Crippen LogP contribution in [-0.4, -0.2) is 27.7 Å². The molecule has 0 bridgehead atoms. The third kappa shape index (κ3) is 2.28. The van der Waals surface area contributed by atoms with Crippen molar-refractivity contribution >= 4 is 38.0 Å². The minimum absolute atomic E-state index is 0.177. The smallest absolute Gasteiger partial charge is 0.182 e. The van der Waals surface area contributed by atoms with Gasteiger partial charge in [0.2, 0.25) is 0 Å². The second-order valence-electron chi connectivity index (χ2n) is 4.32. The Balaban J connectivity index is 1.91. The van der Waals surface area contributed by atoms with E-state index in [-0.39, 0.29) is 5.25 Å². The molecular formula is C12H14N2O2S2. The molecule has 2 heterocycles. The lowest BCUT2D eigenvalue weighted by Crippen LogP contribution is -2.24. The molecule has 0 aliphatic carbocycles. The van der Waals surface area contributed by atoms with Gasteiger partial charge in [-0.15, -0.1) is 11.3 Å². The Kier molecular flexibility index (Phi) is 3.32. The van der Waals surface area contributed by atoms with E-state index in [1.54, 1.807) is 0 Å². The molecular weight excluding hydrogens is 268 g/mol. The maximum Gasteiger partial charge on any atom is 0.182 e. The van der Waals surface area contributed by atoms with Gasteiger partial charge in [0.05, 0.1) is 21.0 Å². The van der Waals surface area contributed by atoms with Crippen molar-refractivity contribution in [3.63, 3.8) is 0 Å². The van der Waals surface area contributed by atoms with Gasteiger partial charge in [-0.25, -0.2) is 4.98 Å². The van der Waals surface area contributed by atoms with E-state index >= 15 is 0 Å². The summed E-state index contributed by atoms with van der Waals surface area (Å²) in [6.07, 6.45) is 1.70. The Labute approximate surface area is 112 Å². The normalized spacial score (nSPS) is 19.1. The van der Waals surface area contributed by atoms with Gasteiger partial charge in [-0.1, -0.05) is 0 Å². The molecule has 1 fully saturated rings. The van der Waals surface area contributed by atoms with E-state index in [4.69, 9.17) is 10.5 Å². The molecule has 1 saturated heterocycles. The van der Waals surface area contributed by atoms with Crippen molar-refractivity contribution in [3.8, 4) is 0 Å².